The van der Waals surface area contributed by atoms with Gasteiger partial charge in [0.25, 0.3) is 0 Å². The van der Waals surface area contributed by atoms with Gasteiger partial charge >= 0.3 is 0 Å². The first-order chi connectivity index (χ1) is 5.79. The van der Waals surface area contributed by atoms with Crippen LogP contribution in [0.2, 0.25) is 5.02 Å². The van der Waals surface area contributed by atoms with Crippen molar-refractivity contribution >= 4 is 34.7 Å². The third-order valence-corrected chi connectivity index (χ3v) is 1.68. The Morgan fingerprint density at radius 2 is 2.25 bits per heavy atom. The molecule has 0 aliphatic carbocycles. The van der Waals surface area contributed by atoms with Crippen LogP contribution in [0.1, 0.15) is 5.56 Å². The van der Waals surface area contributed by atoms with Crippen LogP contribution in [0.4, 0.5) is 5.69 Å². The lowest BCUT2D eigenvalue weighted by Crippen LogP contribution is -1.76. The number of nitriles is 1. The van der Waals surface area contributed by atoms with Crippen molar-refractivity contribution < 1.29 is 0 Å². The topological polar surface area (TPSA) is 36.1 Å². The fourth-order valence-corrected chi connectivity index (χ4v) is 1.08. The Labute approximate surface area is 80.1 Å². The van der Waals surface area contributed by atoms with Crippen LogP contribution in [-0.4, -0.2) is 5.16 Å². The molecule has 0 bridgehead atoms. The maximum absolute atomic E-state index is 8.67. The summed E-state index contributed by atoms with van der Waals surface area (Å²) in [6.07, 6.45) is 0. The summed E-state index contributed by atoms with van der Waals surface area (Å²) in [6.45, 7) is 0. The predicted octanol–water partition coefficient (Wildman–Crippen LogP) is 2.95. The summed E-state index contributed by atoms with van der Waals surface area (Å²) < 4.78 is 0. The molecule has 0 N–H and O–H groups in total. The SMILES string of the molecule is N#Cc1c(Cl)cccc1N=C=S. The van der Waals surface area contributed by atoms with Gasteiger partial charge in [-0.2, -0.15) is 10.3 Å². The summed E-state index contributed by atoms with van der Waals surface area (Å²) in [7, 11) is 0. The van der Waals surface area contributed by atoms with E-state index in [1.807, 2.05) is 6.07 Å². The van der Waals surface area contributed by atoms with Crippen molar-refractivity contribution in [1.29, 1.82) is 5.26 Å². The number of hydrogen-bond donors (Lipinski definition) is 0. The van der Waals surface area contributed by atoms with E-state index >= 15 is 0 Å². The average molecular weight is 195 g/mol. The zero-order chi connectivity index (χ0) is 8.97. The zero-order valence-corrected chi connectivity index (χ0v) is 7.49. The minimum Gasteiger partial charge on any atom is -0.193 e. The largest absolute Gasteiger partial charge is 0.193 e. The third kappa shape index (κ3) is 1.69. The van der Waals surface area contributed by atoms with E-state index in [-0.39, 0.29) is 0 Å². The molecule has 0 aromatic heterocycles. The minimum absolute atomic E-state index is 0.330. The molecule has 0 saturated carbocycles. The number of nitrogens with zero attached hydrogens (tertiary/aromatic N) is 2. The molecular formula is C8H3ClN2S. The monoisotopic (exact) mass is 194 g/mol. The third-order valence-electron chi connectivity index (χ3n) is 1.27. The van der Waals surface area contributed by atoms with Crippen LogP contribution in [0.3, 0.4) is 0 Å². The average Bonchev–Trinajstić information content (AvgIpc) is 2.05. The van der Waals surface area contributed by atoms with Gasteiger partial charge in [-0.15, -0.1) is 0 Å². The zero-order valence-electron chi connectivity index (χ0n) is 5.91. The molecule has 0 spiro atoms. The van der Waals surface area contributed by atoms with E-state index in [0.717, 1.165) is 0 Å². The number of thiocarbonyl (C=S) groups is 1. The minimum atomic E-state index is 0.330. The van der Waals surface area contributed by atoms with Crippen LogP contribution in [0, 0.1) is 11.3 Å². The summed E-state index contributed by atoms with van der Waals surface area (Å²) in [5, 5.41) is 11.2. The molecule has 1 aromatic carbocycles. The second-order valence-electron chi connectivity index (χ2n) is 1.95. The quantitative estimate of drug-likeness (QED) is 0.509. The van der Waals surface area contributed by atoms with Crippen LogP contribution in [0.5, 0.6) is 0 Å². The first-order valence-corrected chi connectivity index (χ1v) is 3.84. The molecule has 58 valence electrons. The van der Waals surface area contributed by atoms with E-state index in [1.165, 1.54) is 0 Å². The van der Waals surface area contributed by atoms with Gasteiger partial charge < -0.3 is 0 Å². The molecule has 12 heavy (non-hydrogen) atoms. The van der Waals surface area contributed by atoms with E-state index < -0.39 is 0 Å². The molecule has 2 nitrogen and oxygen atoms in total. The van der Waals surface area contributed by atoms with Crippen LogP contribution >= 0.6 is 23.8 Å². The van der Waals surface area contributed by atoms with Crippen LogP contribution in [-0.2, 0) is 0 Å². The Kier molecular flexibility index (Phi) is 2.95. The molecule has 0 fully saturated rings. The molecule has 0 aliphatic rings. The summed E-state index contributed by atoms with van der Waals surface area (Å²) in [6, 6.07) is 6.92. The molecule has 0 unspecified atom stereocenters. The Hall–Kier alpha value is -1.20. The van der Waals surface area contributed by atoms with Crippen LogP contribution in [0.15, 0.2) is 23.2 Å². The summed E-state index contributed by atoms with van der Waals surface area (Å²) in [5.41, 5.74) is 0.788. The van der Waals surface area contributed by atoms with Gasteiger partial charge in [0.05, 0.1) is 21.4 Å². The first kappa shape index (κ1) is 8.89. The van der Waals surface area contributed by atoms with Crippen molar-refractivity contribution in [2.24, 2.45) is 4.99 Å². The molecule has 0 heterocycles. The maximum Gasteiger partial charge on any atom is 0.103 e. The smallest absolute Gasteiger partial charge is 0.103 e. The summed E-state index contributed by atoms with van der Waals surface area (Å²) in [5.74, 6) is 0. The van der Waals surface area contributed by atoms with Crippen molar-refractivity contribution in [3.8, 4) is 6.07 Å². The highest BCUT2D eigenvalue weighted by Crippen LogP contribution is 2.24. The van der Waals surface area contributed by atoms with Gasteiger partial charge in [-0.25, -0.2) is 0 Å². The molecule has 1 aromatic rings. The second kappa shape index (κ2) is 3.99. The standard InChI is InChI=1S/C8H3ClN2S/c9-7-2-1-3-8(11-5-12)6(7)4-10/h1-3H. The molecule has 0 atom stereocenters. The Balaban J connectivity index is 3.39. The van der Waals surface area contributed by atoms with E-state index in [9.17, 15) is 0 Å². The molecular weight excluding hydrogens is 192 g/mol. The van der Waals surface area contributed by atoms with Gasteiger partial charge in [0.15, 0.2) is 0 Å². The highest BCUT2D eigenvalue weighted by atomic mass is 35.5. The van der Waals surface area contributed by atoms with Crippen molar-refractivity contribution in [1.82, 2.24) is 0 Å². The summed E-state index contributed by atoms with van der Waals surface area (Å²) >= 11 is 10.1. The number of isothiocyanates is 1. The van der Waals surface area contributed by atoms with Gasteiger partial charge in [-0.1, -0.05) is 17.7 Å². The highest BCUT2D eigenvalue weighted by Gasteiger charge is 2.03. The Morgan fingerprint density at radius 1 is 1.50 bits per heavy atom. The van der Waals surface area contributed by atoms with E-state index in [0.29, 0.717) is 16.3 Å². The van der Waals surface area contributed by atoms with Gasteiger partial charge in [0.1, 0.15) is 6.07 Å². The number of hydrogen-bond acceptors (Lipinski definition) is 3. The molecule has 0 amide bonds. The second-order valence-corrected chi connectivity index (χ2v) is 2.54. The van der Waals surface area contributed by atoms with Gasteiger partial charge in [-0.05, 0) is 24.4 Å². The summed E-state index contributed by atoms with van der Waals surface area (Å²) in [4.78, 5) is 3.70. The van der Waals surface area contributed by atoms with Crippen molar-refractivity contribution in [2.45, 2.75) is 0 Å². The Bertz CT molecular complexity index is 389. The lowest BCUT2D eigenvalue weighted by Gasteiger charge is -1.96. The van der Waals surface area contributed by atoms with E-state index in [4.69, 9.17) is 16.9 Å². The normalized spacial score (nSPS) is 8.33. The predicted molar refractivity (Wildman–Crippen MR) is 50.9 cm³/mol. The first-order valence-electron chi connectivity index (χ1n) is 3.06. The van der Waals surface area contributed by atoms with Gasteiger partial charge in [0.2, 0.25) is 0 Å². The fraction of sp³-hybridized carbons (Fsp3) is 0. The van der Waals surface area contributed by atoms with Crippen LogP contribution < -0.4 is 0 Å². The van der Waals surface area contributed by atoms with Crippen molar-refractivity contribution in [3.05, 3.63) is 28.8 Å². The Morgan fingerprint density at radius 3 is 2.83 bits per heavy atom. The molecule has 1 rings (SSSR count). The van der Waals surface area contributed by atoms with Crippen molar-refractivity contribution in [2.75, 3.05) is 0 Å². The highest BCUT2D eigenvalue weighted by molar-refractivity contribution is 7.78. The number of rotatable bonds is 1. The van der Waals surface area contributed by atoms with Gasteiger partial charge in [-0.3, -0.25) is 0 Å². The lowest BCUT2D eigenvalue weighted by molar-refractivity contribution is 1.45. The molecule has 0 aliphatic heterocycles. The van der Waals surface area contributed by atoms with Crippen molar-refractivity contribution in [3.63, 3.8) is 0 Å². The maximum atomic E-state index is 8.67. The number of halogens is 1. The van der Waals surface area contributed by atoms with E-state index in [2.05, 4.69) is 22.4 Å². The fourth-order valence-electron chi connectivity index (χ4n) is 0.766. The molecule has 0 saturated heterocycles. The van der Waals surface area contributed by atoms with Crippen LogP contribution in [0.25, 0.3) is 0 Å². The van der Waals surface area contributed by atoms with Gasteiger partial charge in [0, 0.05) is 0 Å². The number of benzene rings is 1. The van der Waals surface area contributed by atoms with E-state index in [1.54, 1.807) is 18.2 Å². The molecule has 4 heteroatoms. The lowest BCUT2D eigenvalue weighted by atomic mass is 10.2. The molecule has 0 radical (unpaired) electrons. The number of aliphatic imine (C=N–C) groups is 1.